The van der Waals surface area contributed by atoms with Crippen molar-refractivity contribution in [1.82, 2.24) is 24.6 Å². The standard InChI is InChI=1S/C28H30FN5O/c1-19(2)14-15-30-28(35)33-18-24-20(3)31-34(23-11-5-4-6-12-23)27(24)32-16-8-13-25(32)26(33)21-9-7-10-22(29)17-21/h4-13,16-17,19,26H,14-15,18H2,1-3H3,(H,30,35)/t26-/m1/s1. The molecule has 2 amide bonds. The van der Waals surface area contributed by atoms with Crippen molar-refractivity contribution in [2.24, 2.45) is 5.92 Å². The van der Waals surface area contributed by atoms with Crippen LogP contribution in [0, 0.1) is 18.7 Å². The molecule has 6 nitrogen and oxygen atoms in total. The zero-order valence-corrected chi connectivity index (χ0v) is 20.3. The monoisotopic (exact) mass is 471 g/mol. The Labute approximate surface area is 205 Å². The largest absolute Gasteiger partial charge is 0.338 e. The zero-order chi connectivity index (χ0) is 24.5. The quantitative estimate of drug-likeness (QED) is 0.402. The van der Waals surface area contributed by atoms with Gasteiger partial charge in [-0.05, 0) is 61.2 Å². The molecule has 0 saturated carbocycles. The molecule has 0 fully saturated rings. The first-order chi connectivity index (χ1) is 16.9. The van der Waals surface area contributed by atoms with Crippen LogP contribution in [0.3, 0.4) is 0 Å². The molecule has 35 heavy (non-hydrogen) atoms. The van der Waals surface area contributed by atoms with Crippen molar-refractivity contribution in [3.8, 4) is 11.5 Å². The average molecular weight is 472 g/mol. The van der Waals surface area contributed by atoms with Crippen LogP contribution in [0.25, 0.3) is 11.5 Å². The first-order valence-electron chi connectivity index (χ1n) is 12.1. The van der Waals surface area contributed by atoms with Crippen LogP contribution in [0.5, 0.6) is 0 Å². The number of aryl methyl sites for hydroxylation is 1. The van der Waals surface area contributed by atoms with Gasteiger partial charge in [-0.2, -0.15) is 5.10 Å². The van der Waals surface area contributed by atoms with Crippen molar-refractivity contribution in [2.45, 2.75) is 39.8 Å². The van der Waals surface area contributed by atoms with Crippen LogP contribution in [-0.2, 0) is 6.54 Å². The molecule has 2 aromatic carbocycles. The number of hydrogen-bond donors (Lipinski definition) is 1. The van der Waals surface area contributed by atoms with Crippen molar-refractivity contribution >= 4 is 6.03 Å². The number of aromatic nitrogens is 3. The number of hydrogen-bond acceptors (Lipinski definition) is 2. The van der Waals surface area contributed by atoms with Gasteiger partial charge in [0.25, 0.3) is 0 Å². The highest BCUT2D eigenvalue weighted by molar-refractivity contribution is 5.76. The van der Waals surface area contributed by atoms with Gasteiger partial charge in [0, 0.05) is 18.3 Å². The van der Waals surface area contributed by atoms with Crippen molar-refractivity contribution in [3.63, 3.8) is 0 Å². The molecule has 1 atom stereocenters. The Hall–Kier alpha value is -3.87. The van der Waals surface area contributed by atoms with Gasteiger partial charge in [0.2, 0.25) is 0 Å². The number of nitrogens with one attached hydrogen (secondary N) is 1. The molecule has 0 radical (unpaired) electrons. The molecule has 180 valence electrons. The third-order valence-electron chi connectivity index (χ3n) is 6.51. The molecule has 3 heterocycles. The van der Waals surface area contributed by atoms with Gasteiger partial charge in [0.1, 0.15) is 11.6 Å². The summed E-state index contributed by atoms with van der Waals surface area (Å²) in [5, 5.41) is 7.95. The van der Waals surface area contributed by atoms with Gasteiger partial charge in [0.05, 0.1) is 29.7 Å². The number of para-hydroxylation sites is 1. The van der Waals surface area contributed by atoms with E-state index in [1.807, 2.05) is 66.3 Å². The Morgan fingerprint density at radius 2 is 1.91 bits per heavy atom. The Morgan fingerprint density at radius 3 is 2.66 bits per heavy atom. The predicted octanol–water partition coefficient (Wildman–Crippen LogP) is 5.77. The van der Waals surface area contributed by atoms with E-state index in [-0.39, 0.29) is 11.8 Å². The Kier molecular flexibility index (Phi) is 6.16. The van der Waals surface area contributed by atoms with Gasteiger partial charge in [-0.1, -0.05) is 44.2 Å². The number of nitrogens with zero attached hydrogens (tertiary/aromatic N) is 4. The van der Waals surface area contributed by atoms with Gasteiger partial charge in [-0.25, -0.2) is 13.9 Å². The van der Waals surface area contributed by atoms with Crippen LogP contribution in [-0.4, -0.2) is 31.8 Å². The maximum atomic E-state index is 14.4. The first kappa shape index (κ1) is 22.9. The summed E-state index contributed by atoms with van der Waals surface area (Å²) in [6, 6.07) is 19.8. The molecule has 5 rings (SSSR count). The molecular formula is C28H30FN5O. The number of carbonyl (C=O) groups excluding carboxylic acids is 1. The third-order valence-corrected chi connectivity index (χ3v) is 6.51. The van der Waals surface area contributed by atoms with Crippen LogP contribution in [0.4, 0.5) is 9.18 Å². The van der Waals surface area contributed by atoms with E-state index < -0.39 is 6.04 Å². The highest BCUT2D eigenvalue weighted by atomic mass is 19.1. The normalized spacial score (nSPS) is 15.0. The molecule has 1 aliphatic heterocycles. The number of urea groups is 1. The lowest BCUT2D eigenvalue weighted by molar-refractivity contribution is 0.180. The molecule has 0 unspecified atom stereocenters. The van der Waals surface area contributed by atoms with Crippen molar-refractivity contribution < 1.29 is 9.18 Å². The lowest BCUT2D eigenvalue weighted by atomic mass is 10.0. The van der Waals surface area contributed by atoms with E-state index in [1.165, 1.54) is 12.1 Å². The Morgan fingerprint density at radius 1 is 1.11 bits per heavy atom. The summed E-state index contributed by atoms with van der Waals surface area (Å²) in [6.07, 6.45) is 2.87. The summed E-state index contributed by atoms with van der Waals surface area (Å²) in [5.74, 6) is 1.05. The molecule has 7 heteroatoms. The van der Waals surface area contributed by atoms with Crippen LogP contribution in [0.1, 0.15) is 48.8 Å². The smallest absolute Gasteiger partial charge is 0.318 e. The van der Waals surface area contributed by atoms with Gasteiger partial charge in [0.15, 0.2) is 0 Å². The summed E-state index contributed by atoms with van der Waals surface area (Å²) in [4.78, 5) is 15.4. The van der Waals surface area contributed by atoms with Crippen LogP contribution in [0.2, 0.25) is 0 Å². The molecule has 1 N–H and O–H groups in total. The highest BCUT2D eigenvalue weighted by Crippen LogP contribution is 2.38. The molecular weight excluding hydrogens is 441 g/mol. The lowest BCUT2D eigenvalue weighted by Crippen LogP contribution is -2.42. The Balaban J connectivity index is 1.67. The van der Waals surface area contributed by atoms with Gasteiger partial charge in [-0.3, -0.25) is 0 Å². The van der Waals surface area contributed by atoms with Gasteiger partial charge in [-0.15, -0.1) is 0 Å². The maximum absolute atomic E-state index is 14.4. The Bertz CT molecular complexity index is 1340. The molecule has 0 spiro atoms. The van der Waals surface area contributed by atoms with E-state index in [1.54, 1.807) is 11.0 Å². The minimum Gasteiger partial charge on any atom is -0.338 e. The second-order valence-corrected chi connectivity index (χ2v) is 9.44. The van der Waals surface area contributed by atoms with Gasteiger partial charge >= 0.3 is 6.03 Å². The number of rotatable bonds is 5. The minimum atomic E-state index is -0.462. The van der Waals surface area contributed by atoms with E-state index >= 15 is 0 Å². The highest BCUT2D eigenvalue weighted by Gasteiger charge is 2.36. The number of amides is 2. The fourth-order valence-electron chi connectivity index (χ4n) is 4.75. The summed E-state index contributed by atoms with van der Waals surface area (Å²) in [6.45, 7) is 7.17. The summed E-state index contributed by atoms with van der Waals surface area (Å²) in [7, 11) is 0. The number of halogens is 1. The first-order valence-corrected chi connectivity index (χ1v) is 12.1. The predicted molar refractivity (Wildman–Crippen MR) is 134 cm³/mol. The number of carbonyl (C=O) groups is 1. The van der Waals surface area contributed by atoms with Crippen LogP contribution in [0.15, 0.2) is 72.9 Å². The van der Waals surface area contributed by atoms with E-state index in [0.717, 1.165) is 40.4 Å². The molecule has 0 bridgehead atoms. The van der Waals surface area contributed by atoms with Crippen molar-refractivity contribution in [1.29, 1.82) is 0 Å². The topological polar surface area (TPSA) is 55.1 Å². The van der Waals surface area contributed by atoms with E-state index in [4.69, 9.17) is 5.10 Å². The summed E-state index contributed by atoms with van der Waals surface area (Å²) < 4.78 is 18.4. The van der Waals surface area contributed by atoms with Gasteiger partial charge < -0.3 is 14.8 Å². The average Bonchev–Trinajstić information content (AvgIpc) is 3.40. The van der Waals surface area contributed by atoms with Crippen molar-refractivity contribution in [2.75, 3.05) is 6.54 Å². The number of benzene rings is 2. The van der Waals surface area contributed by atoms with Crippen LogP contribution >= 0.6 is 0 Å². The van der Waals surface area contributed by atoms with Crippen LogP contribution < -0.4 is 5.32 Å². The molecule has 4 aromatic rings. The molecule has 1 aliphatic rings. The zero-order valence-electron chi connectivity index (χ0n) is 20.3. The molecule has 0 saturated heterocycles. The fourth-order valence-corrected chi connectivity index (χ4v) is 4.75. The van der Waals surface area contributed by atoms with E-state index in [9.17, 15) is 9.18 Å². The summed E-state index contributed by atoms with van der Waals surface area (Å²) in [5.41, 5.74) is 4.36. The van der Waals surface area contributed by atoms with Crippen molar-refractivity contribution in [3.05, 3.63) is 101 Å². The third kappa shape index (κ3) is 4.34. The summed E-state index contributed by atoms with van der Waals surface area (Å²) >= 11 is 0. The number of fused-ring (bicyclic) bond motifs is 3. The second-order valence-electron chi connectivity index (χ2n) is 9.44. The minimum absolute atomic E-state index is 0.174. The lowest BCUT2D eigenvalue weighted by Gasteiger charge is -2.31. The SMILES string of the molecule is Cc1nn(-c2ccccc2)c2c1CN(C(=O)NCCC(C)C)[C@H](c1cccc(F)c1)c1cccn1-2. The van der Waals surface area contributed by atoms with E-state index in [2.05, 4.69) is 23.7 Å². The fraction of sp³-hybridized carbons (Fsp3) is 0.286. The molecule has 0 aliphatic carbocycles. The molecule has 2 aromatic heterocycles. The second kappa shape index (κ2) is 9.41. The van der Waals surface area contributed by atoms with E-state index in [0.29, 0.717) is 19.0 Å². The maximum Gasteiger partial charge on any atom is 0.318 e.